The average Bonchev–Trinajstić information content (AvgIpc) is 2.31. The van der Waals surface area contributed by atoms with Gasteiger partial charge in [0.1, 0.15) is 0 Å². The fourth-order valence-electron chi connectivity index (χ4n) is 0.647. The molecule has 0 aromatic carbocycles. The molecule has 0 amide bonds. The van der Waals surface area contributed by atoms with Gasteiger partial charge in [-0.1, -0.05) is 11.6 Å². The summed E-state index contributed by atoms with van der Waals surface area (Å²) in [5, 5.41) is 3.06. The smallest absolute Gasteiger partial charge is 0.183 e. The highest BCUT2D eigenvalue weighted by atomic mass is 35.5. The summed E-state index contributed by atoms with van der Waals surface area (Å²) in [5.41, 5.74) is 0. The molecule has 0 aliphatic carbocycles. The molecule has 1 aromatic rings. The Morgan fingerprint density at radius 2 is 2.60 bits per heavy atom. The van der Waals surface area contributed by atoms with E-state index in [0.717, 1.165) is 13.0 Å². The average molecular weight is 177 g/mol. The maximum absolute atomic E-state index is 5.63. The van der Waals surface area contributed by atoms with Crippen LogP contribution in [0, 0.1) is 0 Å². The molecule has 0 fully saturated rings. The van der Waals surface area contributed by atoms with Gasteiger partial charge in [-0.2, -0.15) is 0 Å². The molecule has 0 atom stereocenters. The summed E-state index contributed by atoms with van der Waals surface area (Å²) in [6.45, 7) is 0.985. The van der Waals surface area contributed by atoms with Crippen LogP contribution in [-0.4, -0.2) is 18.6 Å². The minimum Gasteiger partial charge on any atom is -0.319 e. The van der Waals surface area contributed by atoms with E-state index in [1.807, 2.05) is 13.2 Å². The van der Waals surface area contributed by atoms with Crippen LogP contribution in [0.25, 0.3) is 0 Å². The molecule has 0 spiro atoms. The van der Waals surface area contributed by atoms with E-state index in [2.05, 4.69) is 10.3 Å². The van der Waals surface area contributed by atoms with Crippen molar-refractivity contribution in [2.45, 2.75) is 6.42 Å². The normalized spacial score (nSPS) is 10.2. The zero-order valence-corrected chi connectivity index (χ0v) is 7.30. The Morgan fingerprint density at radius 3 is 3.10 bits per heavy atom. The molecule has 0 aliphatic heterocycles. The number of nitrogens with one attached hydrogen (secondary N) is 1. The van der Waals surface area contributed by atoms with Gasteiger partial charge < -0.3 is 5.32 Å². The second-order valence-electron chi connectivity index (χ2n) is 1.93. The van der Waals surface area contributed by atoms with Crippen LogP contribution in [0.5, 0.6) is 0 Å². The molecule has 1 aromatic heterocycles. The number of hydrogen-bond acceptors (Lipinski definition) is 3. The minimum absolute atomic E-state index is 0.631. The molecular formula is C6H9ClN2S. The molecule has 10 heavy (non-hydrogen) atoms. The number of halogens is 1. The van der Waals surface area contributed by atoms with Crippen LogP contribution in [-0.2, 0) is 6.42 Å². The number of thiazole rings is 1. The molecule has 4 heteroatoms. The van der Waals surface area contributed by atoms with E-state index >= 15 is 0 Å². The number of rotatable bonds is 3. The zero-order valence-electron chi connectivity index (χ0n) is 5.72. The number of nitrogens with zero attached hydrogens (tertiary/aromatic N) is 1. The maximum Gasteiger partial charge on any atom is 0.183 e. The number of likely N-dealkylation sites (N-methyl/N-ethyl adjacent to an activating group) is 1. The zero-order chi connectivity index (χ0) is 7.40. The molecule has 0 radical (unpaired) electrons. The van der Waals surface area contributed by atoms with Crippen molar-refractivity contribution in [3.05, 3.63) is 15.5 Å². The van der Waals surface area contributed by atoms with E-state index in [-0.39, 0.29) is 0 Å². The SMILES string of the molecule is CNCCc1cnc(Cl)s1. The Morgan fingerprint density at radius 1 is 1.80 bits per heavy atom. The van der Waals surface area contributed by atoms with Gasteiger partial charge in [-0.25, -0.2) is 4.98 Å². The van der Waals surface area contributed by atoms with Gasteiger partial charge in [-0.15, -0.1) is 11.3 Å². The summed E-state index contributed by atoms with van der Waals surface area (Å²) >= 11 is 7.17. The molecule has 0 saturated carbocycles. The highest BCUT2D eigenvalue weighted by Gasteiger charge is 1.96. The van der Waals surface area contributed by atoms with Crippen molar-refractivity contribution < 1.29 is 0 Å². The number of aromatic nitrogens is 1. The van der Waals surface area contributed by atoms with Gasteiger partial charge >= 0.3 is 0 Å². The molecule has 0 aliphatic rings. The van der Waals surface area contributed by atoms with Gasteiger partial charge in [0, 0.05) is 11.1 Å². The summed E-state index contributed by atoms with van der Waals surface area (Å²) in [6, 6.07) is 0. The van der Waals surface area contributed by atoms with E-state index in [4.69, 9.17) is 11.6 Å². The van der Waals surface area contributed by atoms with Crippen molar-refractivity contribution in [1.82, 2.24) is 10.3 Å². The third kappa shape index (κ3) is 2.25. The lowest BCUT2D eigenvalue weighted by atomic mass is 10.4. The molecule has 1 N–H and O–H groups in total. The topological polar surface area (TPSA) is 24.9 Å². The first-order chi connectivity index (χ1) is 4.83. The fourth-order valence-corrected chi connectivity index (χ4v) is 1.62. The molecule has 0 saturated heterocycles. The molecule has 56 valence electrons. The first kappa shape index (κ1) is 7.98. The van der Waals surface area contributed by atoms with Crippen LogP contribution in [0.15, 0.2) is 6.20 Å². The van der Waals surface area contributed by atoms with E-state index in [9.17, 15) is 0 Å². The largest absolute Gasteiger partial charge is 0.319 e. The molecule has 0 unspecified atom stereocenters. The Labute approximate surface area is 69.2 Å². The lowest BCUT2D eigenvalue weighted by Gasteiger charge is -1.92. The molecular weight excluding hydrogens is 168 g/mol. The van der Waals surface area contributed by atoms with Crippen LogP contribution in [0.4, 0.5) is 0 Å². The van der Waals surface area contributed by atoms with Crippen LogP contribution >= 0.6 is 22.9 Å². The third-order valence-electron chi connectivity index (χ3n) is 1.15. The van der Waals surface area contributed by atoms with Crippen molar-refractivity contribution in [3.63, 3.8) is 0 Å². The van der Waals surface area contributed by atoms with Crippen molar-refractivity contribution in [2.75, 3.05) is 13.6 Å². The van der Waals surface area contributed by atoms with Gasteiger partial charge in [-0.05, 0) is 20.0 Å². The molecule has 2 nitrogen and oxygen atoms in total. The highest BCUT2D eigenvalue weighted by Crippen LogP contribution is 2.17. The van der Waals surface area contributed by atoms with Gasteiger partial charge in [0.15, 0.2) is 4.47 Å². The van der Waals surface area contributed by atoms with Crippen molar-refractivity contribution >= 4 is 22.9 Å². The fraction of sp³-hybridized carbons (Fsp3) is 0.500. The first-order valence-corrected chi connectivity index (χ1v) is 4.27. The molecule has 1 heterocycles. The van der Waals surface area contributed by atoms with Crippen LogP contribution < -0.4 is 5.32 Å². The Balaban J connectivity index is 2.42. The number of hydrogen-bond donors (Lipinski definition) is 1. The van der Waals surface area contributed by atoms with Crippen molar-refractivity contribution in [3.8, 4) is 0 Å². The van der Waals surface area contributed by atoms with Crippen molar-refractivity contribution in [2.24, 2.45) is 0 Å². The Hall–Kier alpha value is -0.120. The van der Waals surface area contributed by atoms with Crippen molar-refractivity contribution in [1.29, 1.82) is 0 Å². The Bertz CT molecular complexity index is 199. The first-order valence-electron chi connectivity index (χ1n) is 3.07. The van der Waals surface area contributed by atoms with Gasteiger partial charge in [0.2, 0.25) is 0 Å². The monoisotopic (exact) mass is 176 g/mol. The maximum atomic E-state index is 5.63. The van der Waals surface area contributed by atoms with E-state index in [0.29, 0.717) is 4.47 Å². The third-order valence-corrected chi connectivity index (χ3v) is 2.32. The van der Waals surface area contributed by atoms with E-state index in [1.54, 1.807) is 11.3 Å². The van der Waals surface area contributed by atoms with Crippen LogP contribution in [0.2, 0.25) is 4.47 Å². The second kappa shape index (κ2) is 3.91. The highest BCUT2D eigenvalue weighted by molar-refractivity contribution is 7.15. The van der Waals surface area contributed by atoms with E-state index < -0.39 is 0 Å². The van der Waals surface area contributed by atoms with Gasteiger partial charge in [-0.3, -0.25) is 0 Å². The predicted octanol–water partition coefficient (Wildman–Crippen LogP) is 1.56. The second-order valence-corrected chi connectivity index (χ2v) is 3.63. The van der Waals surface area contributed by atoms with E-state index in [1.165, 1.54) is 4.88 Å². The standard InChI is InChI=1S/C6H9ClN2S/c1-8-3-2-5-4-9-6(7)10-5/h4,8H,2-3H2,1H3. The summed E-state index contributed by atoms with van der Waals surface area (Å²) in [4.78, 5) is 5.16. The van der Waals surface area contributed by atoms with Gasteiger partial charge in [0.25, 0.3) is 0 Å². The quantitative estimate of drug-likeness (QED) is 0.756. The Kier molecular flexibility index (Phi) is 3.12. The lowest BCUT2D eigenvalue weighted by molar-refractivity contribution is 0.798. The summed E-state index contributed by atoms with van der Waals surface area (Å²) < 4.78 is 0.631. The summed E-state index contributed by atoms with van der Waals surface area (Å²) in [5.74, 6) is 0. The van der Waals surface area contributed by atoms with Crippen LogP contribution in [0.3, 0.4) is 0 Å². The summed E-state index contributed by atoms with van der Waals surface area (Å²) in [7, 11) is 1.93. The predicted molar refractivity (Wildman–Crippen MR) is 44.8 cm³/mol. The molecule has 1 rings (SSSR count). The minimum atomic E-state index is 0.631. The van der Waals surface area contributed by atoms with Gasteiger partial charge in [0.05, 0.1) is 0 Å². The molecule has 0 bridgehead atoms. The lowest BCUT2D eigenvalue weighted by Crippen LogP contribution is -2.09. The summed E-state index contributed by atoms with van der Waals surface area (Å²) in [6.07, 6.45) is 2.84. The van der Waals surface area contributed by atoms with Crippen LogP contribution in [0.1, 0.15) is 4.88 Å².